The van der Waals surface area contributed by atoms with Gasteiger partial charge in [0.25, 0.3) is 0 Å². The number of rotatable bonds is 5. The number of fused-ring (bicyclic) bond motifs is 2. The van der Waals surface area contributed by atoms with Crippen molar-refractivity contribution in [3.8, 4) is 17.0 Å². The van der Waals surface area contributed by atoms with E-state index in [4.69, 9.17) is 14.6 Å². The summed E-state index contributed by atoms with van der Waals surface area (Å²) in [5.74, 6) is 2.29. The van der Waals surface area contributed by atoms with Gasteiger partial charge < -0.3 is 14.4 Å². The van der Waals surface area contributed by atoms with Crippen molar-refractivity contribution in [1.29, 1.82) is 0 Å². The van der Waals surface area contributed by atoms with E-state index >= 15 is 0 Å². The Bertz CT molecular complexity index is 1230. The van der Waals surface area contributed by atoms with E-state index in [0.717, 1.165) is 40.6 Å². The van der Waals surface area contributed by atoms with E-state index in [1.54, 1.807) is 11.6 Å². The zero-order valence-corrected chi connectivity index (χ0v) is 16.8. The molecule has 0 saturated heterocycles. The molecule has 3 heterocycles. The molecule has 7 nitrogen and oxygen atoms in total. The van der Waals surface area contributed by atoms with Crippen LogP contribution in [0, 0.1) is 0 Å². The SMILES string of the molecule is COc1ccc2c(c1)N(C)CC=C2OCc1nnc2ccc(-c3ccccc3)nn12. The lowest BCUT2D eigenvalue weighted by Gasteiger charge is -2.27. The number of aromatic nitrogens is 4. The van der Waals surface area contributed by atoms with Crippen molar-refractivity contribution in [2.45, 2.75) is 6.61 Å². The van der Waals surface area contributed by atoms with Crippen molar-refractivity contribution in [1.82, 2.24) is 19.8 Å². The molecule has 0 bridgehead atoms. The largest absolute Gasteiger partial charge is 0.497 e. The van der Waals surface area contributed by atoms with Gasteiger partial charge in [-0.2, -0.15) is 9.61 Å². The Morgan fingerprint density at radius 3 is 2.70 bits per heavy atom. The van der Waals surface area contributed by atoms with Crippen LogP contribution < -0.4 is 9.64 Å². The van der Waals surface area contributed by atoms with Gasteiger partial charge in [0.2, 0.25) is 0 Å². The smallest absolute Gasteiger partial charge is 0.192 e. The molecule has 0 aliphatic carbocycles. The summed E-state index contributed by atoms with van der Waals surface area (Å²) in [6.07, 6.45) is 2.07. The number of likely N-dealkylation sites (N-methyl/N-ethyl adjacent to an activating group) is 1. The second kappa shape index (κ2) is 7.51. The van der Waals surface area contributed by atoms with E-state index in [0.29, 0.717) is 11.5 Å². The van der Waals surface area contributed by atoms with Crippen LogP contribution in [-0.4, -0.2) is 40.5 Å². The van der Waals surface area contributed by atoms with Crippen LogP contribution in [-0.2, 0) is 11.3 Å². The van der Waals surface area contributed by atoms with Crippen LogP contribution in [0.1, 0.15) is 11.4 Å². The molecule has 30 heavy (non-hydrogen) atoms. The number of nitrogens with zero attached hydrogens (tertiary/aromatic N) is 5. The molecule has 0 fully saturated rings. The van der Waals surface area contributed by atoms with Gasteiger partial charge in [-0.1, -0.05) is 30.3 Å². The van der Waals surface area contributed by atoms with Gasteiger partial charge in [0.15, 0.2) is 11.5 Å². The zero-order valence-electron chi connectivity index (χ0n) is 16.8. The van der Waals surface area contributed by atoms with Gasteiger partial charge in [-0.3, -0.25) is 0 Å². The Kier molecular flexibility index (Phi) is 4.55. The maximum absolute atomic E-state index is 6.16. The number of hydrogen-bond acceptors (Lipinski definition) is 6. The minimum atomic E-state index is 0.271. The number of benzene rings is 2. The summed E-state index contributed by atoms with van der Waals surface area (Å²) in [6.45, 7) is 1.03. The monoisotopic (exact) mass is 399 g/mol. The van der Waals surface area contributed by atoms with Crippen molar-refractivity contribution in [2.24, 2.45) is 0 Å². The number of anilines is 1. The van der Waals surface area contributed by atoms with E-state index in [-0.39, 0.29) is 6.61 Å². The molecule has 1 aliphatic rings. The summed E-state index contributed by atoms with van der Waals surface area (Å²) in [7, 11) is 3.72. The maximum Gasteiger partial charge on any atom is 0.192 e. The maximum atomic E-state index is 6.16. The lowest BCUT2D eigenvalue weighted by atomic mass is 10.1. The molecule has 0 unspecified atom stereocenters. The summed E-state index contributed by atoms with van der Waals surface area (Å²) in [6, 6.07) is 19.9. The van der Waals surface area contributed by atoms with Crippen LogP contribution in [0.25, 0.3) is 22.7 Å². The van der Waals surface area contributed by atoms with Crippen LogP contribution in [0.4, 0.5) is 5.69 Å². The minimum Gasteiger partial charge on any atom is -0.497 e. The molecule has 0 N–H and O–H groups in total. The lowest BCUT2D eigenvalue weighted by Crippen LogP contribution is -2.22. The Morgan fingerprint density at radius 1 is 1.00 bits per heavy atom. The Morgan fingerprint density at radius 2 is 1.87 bits per heavy atom. The summed E-state index contributed by atoms with van der Waals surface area (Å²) in [5, 5.41) is 13.2. The van der Waals surface area contributed by atoms with E-state index in [9.17, 15) is 0 Å². The van der Waals surface area contributed by atoms with E-state index in [1.807, 2.05) is 67.7 Å². The number of ether oxygens (including phenoxy) is 2. The van der Waals surface area contributed by atoms with Gasteiger partial charge in [-0.05, 0) is 30.3 Å². The molecule has 1 aliphatic heterocycles. The molecule has 5 rings (SSSR count). The molecule has 4 aromatic rings. The molecule has 0 saturated carbocycles. The van der Waals surface area contributed by atoms with Crippen molar-refractivity contribution >= 4 is 17.1 Å². The van der Waals surface area contributed by atoms with Crippen molar-refractivity contribution < 1.29 is 9.47 Å². The van der Waals surface area contributed by atoms with E-state index in [2.05, 4.69) is 21.2 Å². The zero-order chi connectivity index (χ0) is 20.5. The molecular weight excluding hydrogens is 378 g/mol. The van der Waals surface area contributed by atoms with Gasteiger partial charge >= 0.3 is 0 Å². The average molecular weight is 399 g/mol. The third-order valence-corrected chi connectivity index (χ3v) is 5.19. The molecule has 150 valence electrons. The fourth-order valence-corrected chi connectivity index (χ4v) is 3.56. The summed E-state index contributed by atoms with van der Waals surface area (Å²) < 4.78 is 13.3. The highest BCUT2D eigenvalue weighted by Crippen LogP contribution is 2.34. The summed E-state index contributed by atoms with van der Waals surface area (Å²) >= 11 is 0. The lowest BCUT2D eigenvalue weighted by molar-refractivity contribution is 0.251. The predicted molar refractivity (Wildman–Crippen MR) is 115 cm³/mol. The average Bonchev–Trinajstić information content (AvgIpc) is 3.21. The van der Waals surface area contributed by atoms with Crippen LogP contribution in [0.15, 0.2) is 66.7 Å². The highest BCUT2D eigenvalue weighted by Gasteiger charge is 2.19. The van der Waals surface area contributed by atoms with Crippen LogP contribution in [0.3, 0.4) is 0 Å². The molecule has 0 spiro atoms. The Hall–Kier alpha value is -3.87. The first kappa shape index (κ1) is 18.2. The third kappa shape index (κ3) is 3.24. The van der Waals surface area contributed by atoms with Gasteiger partial charge in [0, 0.05) is 30.8 Å². The molecule has 0 radical (unpaired) electrons. The topological polar surface area (TPSA) is 64.8 Å². The normalized spacial score (nSPS) is 13.1. The quantitative estimate of drug-likeness (QED) is 0.509. The second-order valence-corrected chi connectivity index (χ2v) is 7.09. The van der Waals surface area contributed by atoms with E-state index in [1.165, 1.54) is 0 Å². The van der Waals surface area contributed by atoms with Crippen molar-refractivity contribution in [3.63, 3.8) is 0 Å². The fourth-order valence-electron chi connectivity index (χ4n) is 3.56. The molecule has 7 heteroatoms. The number of methoxy groups -OCH3 is 1. The highest BCUT2D eigenvalue weighted by molar-refractivity contribution is 5.77. The van der Waals surface area contributed by atoms with Gasteiger partial charge in [0.05, 0.1) is 18.5 Å². The third-order valence-electron chi connectivity index (χ3n) is 5.19. The first-order chi connectivity index (χ1) is 14.7. The van der Waals surface area contributed by atoms with Crippen LogP contribution >= 0.6 is 0 Å². The molecule has 0 amide bonds. The Labute approximate surface area is 174 Å². The molecule has 2 aromatic carbocycles. The molecular formula is C23H21N5O2. The van der Waals surface area contributed by atoms with Gasteiger partial charge in [-0.15, -0.1) is 10.2 Å². The predicted octanol–water partition coefficient (Wildman–Crippen LogP) is 3.81. The highest BCUT2D eigenvalue weighted by atomic mass is 16.5. The Balaban J connectivity index is 1.42. The van der Waals surface area contributed by atoms with Gasteiger partial charge in [0.1, 0.15) is 18.1 Å². The summed E-state index contributed by atoms with van der Waals surface area (Å²) in [4.78, 5) is 2.16. The first-order valence-corrected chi connectivity index (χ1v) is 9.72. The van der Waals surface area contributed by atoms with Crippen molar-refractivity contribution in [2.75, 3.05) is 25.6 Å². The standard InChI is InChI=1S/C23H21N5O2/c1-27-13-12-21(18-9-8-17(29-2)14-20(18)27)30-15-23-25-24-22-11-10-19(26-28(22)23)16-6-4-3-5-7-16/h3-12,14H,13,15H2,1-2H3. The van der Waals surface area contributed by atoms with Crippen LogP contribution in [0.5, 0.6) is 5.75 Å². The minimum absolute atomic E-state index is 0.271. The second-order valence-electron chi connectivity index (χ2n) is 7.09. The fraction of sp³-hybridized carbons (Fsp3) is 0.174. The van der Waals surface area contributed by atoms with E-state index < -0.39 is 0 Å². The van der Waals surface area contributed by atoms with Gasteiger partial charge in [-0.25, -0.2) is 0 Å². The molecule has 0 atom stereocenters. The first-order valence-electron chi connectivity index (χ1n) is 9.72. The number of hydrogen-bond donors (Lipinski definition) is 0. The summed E-state index contributed by atoms with van der Waals surface area (Å²) in [5.41, 5.74) is 4.69. The molecule has 2 aromatic heterocycles. The van der Waals surface area contributed by atoms with Crippen molar-refractivity contribution in [3.05, 3.63) is 78.1 Å². The van der Waals surface area contributed by atoms with Crippen LogP contribution in [0.2, 0.25) is 0 Å².